The monoisotopic (exact) mass is 271 g/mol. The van der Waals surface area contributed by atoms with E-state index < -0.39 is 4.92 Å². The van der Waals surface area contributed by atoms with E-state index in [-0.39, 0.29) is 5.69 Å². The molecule has 0 spiro atoms. The summed E-state index contributed by atoms with van der Waals surface area (Å²) in [7, 11) is 0. The van der Waals surface area contributed by atoms with Crippen molar-refractivity contribution in [1.82, 2.24) is 0 Å². The highest BCUT2D eigenvalue weighted by Crippen LogP contribution is 2.23. The Hall–Kier alpha value is -2.56. The lowest BCUT2D eigenvalue weighted by molar-refractivity contribution is -0.384. The van der Waals surface area contributed by atoms with Gasteiger partial charge in [-0.1, -0.05) is 30.3 Å². The highest BCUT2D eigenvalue weighted by atomic mass is 16.6. The molecule has 0 aliphatic heterocycles. The molecule has 20 heavy (non-hydrogen) atoms. The molecule has 0 amide bonds. The Morgan fingerprint density at radius 1 is 1.15 bits per heavy atom. The van der Waals surface area contributed by atoms with Gasteiger partial charge in [-0.05, 0) is 24.5 Å². The number of nitrogens with zero attached hydrogens (tertiary/aromatic N) is 1. The summed E-state index contributed by atoms with van der Waals surface area (Å²) in [6.07, 6.45) is 1.96. The second-order valence-corrected chi connectivity index (χ2v) is 4.54. The number of nitro benzene ring substituents is 1. The number of hydrogen-bond acceptors (Lipinski definition) is 4. The summed E-state index contributed by atoms with van der Waals surface area (Å²) in [6.45, 7) is 0.775. The van der Waals surface area contributed by atoms with Crippen molar-refractivity contribution in [3.8, 4) is 0 Å². The van der Waals surface area contributed by atoms with Gasteiger partial charge in [0.25, 0.3) is 5.69 Å². The molecule has 0 bridgehead atoms. The van der Waals surface area contributed by atoms with Gasteiger partial charge in [-0.25, -0.2) is 0 Å². The van der Waals surface area contributed by atoms with Gasteiger partial charge in [0.2, 0.25) is 0 Å². The Kier molecular flexibility index (Phi) is 4.55. The Bertz CT molecular complexity index is 585. The van der Waals surface area contributed by atoms with Gasteiger partial charge in [0.15, 0.2) is 0 Å². The number of nitrogens with one attached hydrogen (secondary N) is 1. The van der Waals surface area contributed by atoms with Crippen LogP contribution in [0.4, 0.5) is 17.1 Å². The van der Waals surface area contributed by atoms with E-state index in [0.717, 1.165) is 25.1 Å². The normalized spacial score (nSPS) is 10.2. The molecule has 0 fully saturated rings. The van der Waals surface area contributed by atoms with Crippen LogP contribution in [0.1, 0.15) is 12.0 Å². The number of nitro groups is 1. The van der Waals surface area contributed by atoms with Gasteiger partial charge in [-0.3, -0.25) is 10.1 Å². The lowest BCUT2D eigenvalue weighted by atomic mass is 10.1. The minimum Gasteiger partial charge on any atom is -0.397 e. The van der Waals surface area contributed by atoms with Crippen LogP contribution >= 0.6 is 0 Å². The average molecular weight is 271 g/mol. The fraction of sp³-hybridized carbons (Fsp3) is 0.200. The number of rotatable bonds is 6. The second kappa shape index (κ2) is 6.56. The molecule has 0 saturated carbocycles. The highest BCUT2D eigenvalue weighted by Gasteiger charge is 2.07. The van der Waals surface area contributed by atoms with Crippen LogP contribution in [0.2, 0.25) is 0 Å². The minimum absolute atomic E-state index is 0.0114. The summed E-state index contributed by atoms with van der Waals surface area (Å²) in [4.78, 5) is 10.2. The third kappa shape index (κ3) is 3.71. The molecule has 0 aromatic heterocycles. The van der Waals surface area contributed by atoms with Crippen LogP contribution < -0.4 is 11.1 Å². The standard InChI is InChI=1S/C15H17N3O2/c16-14-11-13(18(19)20)8-9-15(14)17-10-4-7-12-5-2-1-3-6-12/h1-3,5-6,8-9,11,17H,4,7,10,16H2. The Labute approximate surface area is 117 Å². The predicted molar refractivity (Wildman–Crippen MR) is 80.8 cm³/mol. The van der Waals surface area contributed by atoms with Gasteiger partial charge in [0, 0.05) is 18.7 Å². The molecule has 0 heterocycles. The largest absolute Gasteiger partial charge is 0.397 e. The smallest absolute Gasteiger partial charge is 0.271 e. The van der Waals surface area contributed by atoms with Crippen LogP contribution in [-0.2, 0) is 6.42 Å². The van der Waals surface area contributed by atoms with E-state index in [0.29, 0.717) is 5.69 Å². The van der Waals surface area contributed by atoms with Gasteiger partial charge in [0.1, 0.15) is 0 Å². The molecule has 0 aliphatic carbocycles. The maximum absolute atomic E-state index is 10.6. The number of aryl methyl sites for hydroxylation is 1. The molecular formula is C15H17N3O2. The Morgan fingerprint density at radius 3 is 2.55 bits per heavy atom. The van der Waals surface area contributed by atoms with Crippen molar-refractivity contribution in [3.63, 3.8) is 0 Å². The SMILES string of the molecule is Nc1cc([N+](=O)[O-])ccc1NCCCc1ccccc1. The first-order valence-corrected chi connectivity index (χ1v) is 6.48. The van der Waals surface area contributed by atoms with E-state index in [1.165, 1.54) is 17.7 Å². The first kappa shape index (κ1) is 13.9. The number of anilines is 2. The molecule has 5 nitrogen and oxygen atoms in total. The fourth-order valence-corrected chi connectivity index (χ4v) is 1.98. The molecule has 104 valence electrons. The lowest BCUT2D eigenvalue weighted by Gasteiger charge is -2.09. The van der Waals surface area contributed by atoms with Gasteiger partial charge in [-0.15, -0.1) is 0 Å². The Balaban J connectivity index is 1.84. The molecule has 0 aliphatic rings. The number of benzene rings is 2. The van der Waals surface area contributed by atoms with Crippen LogP contribution in [0, 0.1) is 10.1 Å². The third-order valence-corrected chi connectivity index (χ3v) is 3.05. The maximum Gasteiger partial charge on any atom is 0.271 e. The highest BCUT2D eigenvalue weighted by molar-refractivity contribution is 5.69. The molecule has 0 radical (unpaired) electrons. The summed E-state index contributed by atoms with van der Waals surface area (Å²) < 4.78 is 0. The van der Waals surface area contributed by atoms with E-state index in [1.54, 1.807) is 6.07 Å². The fourth-order valence-electron chi connectivity index (χ4n) is 1.98. The van der Waals surface area contributed by atoms with E-state index in [9.17, 15) is 10.1 Å². The van der Waals surface area contributed by atoms with Crippen LogP contribution in [0.15, 0.2) is 48.5 Å². The molecule has 2 rings (SSSR count). The first-order valence-electron chi connectivity index (χ1n) is 6.48. The zero-order chi connectivity index (χ0) is 14.4. The summed E-state index contributed by atoms with van der Waals surface area (Å²) in [5.74, 6) is 0. The van der Waals surface area contributed by atoms with Crippen LogP contribution in [-0.4, -0.2) is 11.5 Å². The lowest BCUT2D eigenvalue weighted by Crippen LogP contribution is -2.05. The molecule has 2 aromatic carbocycles. The third-order valence-electron chi connectivity index (χ3n) is 3.05. The topological polar surface area (TPSA) is 81.2 Å². The van der Waals surface area contributed by atoms with Gasteiger partial charge < -0.3 is 11.1 Å². The molecule has 0 unspecified atom stereocenters. The molecule has 2 aromatic rings. The molecular weight excluding hydrogens is 254 g/mol. The number of non-ortho nitro benzene ring substituents is 1. The number of hydrogen-bond donors (Lipinski definition) is 2. The van der Waals surface area contributed by atoms with E-state index in [1.807, 2.05) is 18.2 Å². The van der Waals surface area contributed by atoms with Gasteiger partial charge in [0.05, 0.1) is 16.3 Å². The molecule has 5 heteroatoms. The van der Waals surface area contributed by atoms with Gasteiger partial charge >= 0.3 is 0 Å². The predicted octanol–water partition coefficient (Wildman–Crippen LogP) is 3.22. The van der Waals surface area contributed by atoms with E-state index in [2.05, 4.69) is 17.4 Å². The van der Waals surface area contributed by atoms with Crippen molar-refractivity contribution in [2.75, 3.05) is 17.6 Å². The number of nitrogen functional groups attached to an aromatic ring is 1. The van der Waals surface area contributed by atoms with Crippen LogP contribution in [0.5, 0.6) is 0 Å². The van der Waals surface area contributed by atoms with Crippen molar-refractivity contribution in [2.24, 2.45) is 0 Å². The zero-order valence-corrected chi connectivity index (χ0v) is 11.1. The van der Waals surface area contributed by atoms with E-state index in [4.69, 9.17) is 5.73 Å². The Morgan fingerprint density at radius 2 is 1.90 bits per heavy atom. The van der Waals surface area contributed by atoms with Crippen molar-refractivity contribution in [1.29, 1.82) is 0 Å². The van der Waals surface area contributed by atoms with Crippen molar-refractivity contribution < 1.29 is 4.92 Å². The molecule has 3 N–H and O–H groups in total. The van der Waals surface area contributed by atoms with Gasteiger partial charge in [-0.2, -0.15) is 0 Å². The zero-order valence-electron chi connectivity index (χ0n) is 11.1. The second-order valence-electron chi connectivity index (χ2n) is 4.54. The molecule has 0 atom stereocenters. The summed E-state index contributed by atoms with van der Waals surface area (Å²) in [5, 5.41) is 13.8. The maximum atomic E-state index is 10.6. The molecule has 0 saturated heterocycles. The number of nitrogens with two attached hydrogens (primary N) is 1. The quantitative estimate of drug-likeness (QED) is 0.366. The van der Waals surface area contributed by atoms with Crippen LogP contribution in [0.3, 0.4) is 0 Å². The van der Waals surface area contributed by atoms with Crippen molar-refractivity contribution in [2.45, 2.75) is 12.8 Å². The van der Waals surface area contributed by atoms with Crippen molar-refractivity contribution >= 4 is 17.1 Å². The van der Waals surface area contributed by atoms with E-state index >= 15 is 0 Å². The van der Waals surface area contributed by atoms with Crippen molar-refractivity contribution in [3.05, 3.63) is 64.2 Å². The van der Waals surface area contributed by atoms with Crippen LogP contribution in [0.25, 0.3) is 0 Å². The summed E-state index contributed by atoms with van der Waals surface area (Å²) >= 11 is 0. The minimum atomic E-state index is -0.449. The first-order chi connectivity index (χ1) is 9.66. The average Bonchev–Trinajstić information content (AvgIpc) is 2.46. The summed E-state index contributed by atoms with van der Waals surface area (Å²) in [5.41, 5.74) is 8.24. The summed E-state index contributed by atoms with van der Waals surface area (Å²) in [6, 6.07) is 14.7.